The Labute approximate surface area is 120 Å². The molecule has 3 nitrogen and oxygen atoms in total. The lowest BCUT2D eigenvalue weighted by Crippen LogP contribution is -2.21. The van der Waals surface area contributed by atoms with Crippen molar-refractivity contribution >= 4 is 27.1 Å². The predicted molar refractivity (Wildman–Crippen MR) is 79.6 cm³/mol. The molecule has 1 fully saturated rings. The molecule has 0 heterocycles. The summed E-state index contributed by atoms with van der Waals surface area (Å²) in [6.07, 6.45) is 5.76. The molecule has 1 aliphatic carbocycles. The van der Waals surface area contributed by atoms with Crippen molar-refractivity contribution in [2.24, 2.45) is 5.92 Å². The molecule has 1 saturated carbocycles. The van der Waals surface area contributed by atoms with Gasteiger partial charge in [-0.1, -0.05) is 0 Å². The average molecular weight is 302 g/mol. The van der Waals surface area contributed by atoms with Gasteiger partial charge in [0.25, 0.3) is 0 Å². The Balaban J connectivity index is 1.87. The van der Waals surface area contributed by atoms with Crippen LogP contribution in [-0.2, 0) is 9.84 Å². The third-order valence-electron chi connectivity index (χ3n) is 3.65. The van der Waals surface area contributed by atoms with Crippen LogP contribution in [0.1, 0.15) is 25.7 Å². The Morgan fingerprint density at radius 3 is 2.26 bits per heavy atom. The fraction of sp³-hybridized carbons (Fsp3) is 0.571. The van der Waals surface area contributed by atoms with Gasteiger partial charge in [0.15, 0.2) is 9.84 Å². The summed E-state index contributed by atoms with van der Waals surface area (Å²) in [4.78, 5) is 0.362. The van der Waals surface area contributed by atoms with Crippen molar-refractivity contribution < 1.29 is 8.42 Å². The highest BCUT2D eigenvalue weighted by Gasteiger charge is 2.19. The molecule has 1 aromatic carbocycles. The van der Waals surface area contributed by atoms with E-state index in [0.29, 0.717) is 16.2 Å². The molecule has 0 spiro atoms. The van der Waals surface area contributed by atoms with Gasteiger partial charge in [-0.15, -0.1) is 11.6 Å². The second kappa shape index (κ2) is 6.14. The molecular weight excluding hydrogens is 282 g/mol. The molecule has 0 radical (unpaired) electrons. The van der Waals surface area contributed by atoms with Crippen LogP contribution in [-0.4, -0.2) is 26.6 Å². The number of hydrogen-bond acceptors (Lipinski definition) is 3. The zero-order valence-corrected chi connectivity index (χ0v) is 12.7. The minimum atomic E-state index is -3.10. The van der Waals surface area contributed by atoms with E-state index in [9.17, 15) is 8.42 Å². The molecular formula is C14H20ClNO2S. The summed E-state index contributed by atoms with van der Waals surface area (Å²) in [5, 5.41) is 3.72. The van der Waals surface area contributed by atoms with Crippen LogP contribution >= 0.6 is 11.6 Å². The van der Waals surface area contributed by atoms with Crippen molar-refractivity contribution in [3.8, 4) is 0 Å². The van der Waals surface area contributed by atoms with E-state index < -0.39 is 9.84 Å². The number of halogens is 1. The van der Waals surface area contributed by atoms with Crippen molar-refractivity contribution in [3.05, 3.63) is 24.3 Å². The van der Waals surface area contributed by atoms with Crippen LogP contribution in [0.25, 0.3) is 0 Å². The van der Waals surface area contributed by atoms with Gasteiger partial charge in [0, 0.05) is 23.9 Å². The lowest BCUT2D eigenvalue weighted by atomic mass is 9.89. The predicted octanol–water partition coefficient (Wildman–Crippen LogP) is 3.30. The summed E-state index contributed by atoms with van der Waals surface area (Å²) in [7, 11) is -3.10. The first-order valence-corrected chi connectivity index (χ1v) is 8.96. The van der Waals surface area contributed by atoms with Crippen LogP contribution in [0.2, 0.25) is 0 Å². The largest absolute Gasteiger partial charge is 0.385 e. The standard InChI is InChI=1S/C14H20ClNO2S/c1-19(17,18)14-8-6-13(7-9-14)16-10-11-2-4-12(15)5-3-11/h6-9,11-12,16H,2-5,10H2,1H3. The summed E-state index contributed by atoms with van der Waals surface area (Å²) >= 11 is 6.08. The normalized spacial score (nSPS) is 24.1. The van der Waals surface area contributed by atoms with Gasteiger partial charge < -0.3 is 5.32 Å². The molecule has 0 amide bonds. The number of anilines is 1. The van der Waals surface area contributed by atoms with E-state index in [2.05, 4.69) is 5.32 Å². The molecule has 0 unspecified atom stereocenters. The highest BCUT2D eigenvalue weighted by molar-refractivity contribution is 7.90. The van der Waals surface area contributed by atoms with E-state index in [4.69, 9.17) is 11.6 Å². The van der Waals surface area contributed by atoms with Crippen molar-refractivity contribution in [1.82, 2.24) is 0 Å². The number of benzene rings is 1. The molecule has 1 N–H and O–H groups in total. The zero-order valence-electron chi connectivity index (χ0n) is 11.1. The number of rotatable bonds is 4. The third kappa shape index (κ3) is 4.39. The first kappa shape index (κ1) is 14.7. The molecule has 0 aromatic heterocycles. The van der Waals surface area contributed by atoms with Gasteiger partial charge in [0.1, 0.15) is 0 Å². The maximum Gasteiger partial charge on any atom is 0.175 e. The Morgan fingerprint density at radius 1 is 1.16 bits per heavy atom. The number of sulfone groups is 1. The van der Waals surface area contributed by atoms with Crippen molar-refractivity contribution in [2.45, 2.75) is 36.0 Å². The van der Waals surface area contributed by atoms with Crippen LogP contribution in [0.3, 0.4) is 0 Å². The second-order valence-electron chi connectivity index (χ2n) is 5.30. The lowest BCUT2D eigenvalue weighted by Gasteiger charge is -2.25. The molecule has 0 aliphatic heterocycles. The first-order chi connectivity index (χ1) is 8.95. The van der Waals surface area contributed by atoms with E-state index >= 15 is 0 Å². The topological polar surface area (TPSA) is 46.2 Å². The molecule has 106 valence electrons. The Morgan fingerprint density at radius 2 is 1.74 bits per heavy atom. The molecule has 19 heavy (non-hydrogen) atoms. The van der Waals surface area contributed by atoms with Crippen LogP contribution in [0.5, 0.6) is 0 Å². The van der Waals surface area contributed by atoms with Gasteiger partial charge in [-0.25, -0.2) is 8.42 Å². The summed E-state index contributed by atoms with van der Waals surface area (Å²) in [6, 6.07) is 6.94. The maximum absolute atomic E-state index is 11.3. The SMILES string of the molecule is CS(=O)(=O)c1ccc(NCC2CCC(Cl)CC2)cc1. The fourth-order valence-electron chi connectivity index (χ4n) is 2.41. The van der Waals surface area contributed by atoms with Gasteiger partial charge in [-0.2, -0.15) is 0 Å². The third-order valence-corrected chi connectivity index (χ3v) is 5.22. The maximum atomic E-state index is 11.3. The van der Waals surface area contributed by atoms with Gasteiger partial charge in [-0.05, 0) is 55.9 Å². The lowest BCUT2D eigenvalue weighted by molar-refractivity contribution is 0.378. The van der Waals surface area contributed by atoms with Crippen molar-refractivity contribution in [3.63, 3.8) is 0 Å². The molecule has 1 aromatic rings. The monoisotopic (exact) mass is 301 g/mol. The average Bonchev–Trinajstić information content (AvgIpc) is 2.37. The fourth-order valence-corrected chi connectivity index (χ4v) is 3.29. The van der Waals surface area contributed by atoms with Gasteiger partial charge in [0.2, 0.25) is 0 Å². The van der Waals surface area contributed by atoms with Crippen molar-refractivity contribution in [2.75, 3.05) is 18.1 Å². The number of hydrogen-bond donors (Lipinski definition) is 1. The van der Waals surface area contributed by atoms with Crippen LogP contribution in [0.4, 0.5) is 5.69 Å². The first-order valence-electron chi connectivity index (χ1n) is 6.63. The number of alkyl halides is 1. The van der Waals surface area contributed by atoms with Crippen LogP contribution in [0, 0.1) is 5.92 Å². The molecule has 0 saturated heterocycles. The molecule has 5 heteroatoms. The zero-order chi connectivity index (χ0) is 13.9. The second-order valence-corrected chi connectivity index (χ2v) is 7.93. The Hall–Kier alpha value is -0.740. The van der Waals surface area contributed by atoms with Gasteiger partial charge in [0.05, 0.1) is 4.90 Å². The molecule has 0 bridgehead atoms. The number of nitrogens with one attached hydrogen (secondary N) is 1. The summed E-state index contributed by atoms with van der Waals surface area (Å²) in [5.41, 5.74) is 0.973. The van der Waals surface area contributed by atoms with Crippen LogP contribution in [0.15, 0.2) is 29.2 Å². The Bertz CT molecular complexity index is 505. The van der Waals surface area contributed by atoms with Gasteiger partial charge >= 0.3 is 0 Å². The van der Waals surface area contributed by atoms with E-state index in [1.807, 2.05) is 12.1 Å². The summed E-state index contributed by atoms with van der Waals surface area (Å²) in [5.74, 6) is 0.671. The van der Waals surface area contributed by atoms with E-state index in [1.54, 1.807) is 12.1 Å². The van der Waals surface area contributed by atoms with E-state index in [1.165, 1.54) is 19.1 Å². The smallest absolute Gasteiger partial charge is 0.175 e. The minimum absolute atomic E-state index is 0.352. The quantitative estimate of drug-likeness (QED) is 0.868. The highest BCUT2D eigenvalue weighted by atomic mass is 35.5. The van der Waals surface area contributed by atoms with E-state index in [-0.39, 0.29) is 0 Å². The summed E-state index contributed by atoms with van der Waals surface area (Å²) in [6.45, 7) is 0.932. The van der Waals surface area contributed by atoms with Crippen molar-refractivity contribution in [1.29, 1.82) is 0 Å². The summed E-state index contributed by atoms with van der Waals surface area (Å²) < 4.78 is 22.7. The minimum Gasteiger partial charge on any atom is -0.385 e. The van der Waals surface area contributed by atoms with Gasteiger partial charge in [-0.3, -0.25) is 0 Å². The molecule has 1 aliphatic rings. The molecule has 0 atom stereocenters. The molecule has 2 rings (SSSR count). The highest BCUT2D eigenvalue weighted by Crippen LogP contribution is 2.27. The van der Waals surface area contributed by atoms with Crippen LogP contribution < -0.4 is 5.32 Å². The van der Waals surface area contributed by atoms with E-state index in [0.717, 1.165) is 25.1 Å². The Kier molecular flexibility index (Phi) is 4.74.